The van der Waals surface area contributed by atoms with Gasteiger partial charge in [-0.2, -0.15) is 8.75 Å². The number of fused-ring (bicyclic) bond motifs is 1. The highest BCUT2D eigenvalue weighted by Gasteiger charge is 2.20. The van der Waals surface area contributed by atoms with Crippen molar-refractivity contribution in [3.05, 3.63) is 18.0 Å². The predicted molar refractivity (Wildman–Crippen MR) is 53.9 cm³/mol. The molecule has 0 fully saturated rings. The highest BCUT2D eigenvalue weighted by molar-refractivity contribution is 7.00. The van der Waals surface area contributed by atoms with Gasteiger partial charge in [-0.1, -0.05) is 20.8 Å². The zero-order chi connectivity index (χ0) is 9.47. The van der Waals surface area contributed by atoms with E-state index in [-0.39, 0.29) is 5.41 Å². The van der Waals surface area contributed by atoms with Crippen LogP contribution in [0, 0.1) is 0 Å². The molecule has 2 aromatic heterocycles. The molecule has 0 bridgehead atoms. The van der Waals surface area contributed by atoms with Gasteiger partial charge in [-0.15, -0.1) is 0 Å². The zero-order valence-electron chi connectivity index (χ0n) is 7.90. The van der Waals surface area contributed by atoms with Crippen molar-refractivity contribution in [3.8, 4) is 0 Å². The summed E-state index contributed by atoms with van der Waals surface area (Å²) in [5.74, 6) is 0. The Morgan fingerprint density at radius 3 is 2.69 bits per heavy atom. The number of hydrogen-bond acceptors (Lipinski definition) is 4. The smallest absolute Gasteiger partial charge is 0.126 e. The van der Waals surface area contributed by atoms with Crippen molar-refractivity contribution in [2.24, 2.45) is 0 Å². The van der Waals surface area contributed by atoms with Crippen molar-refractivity contribution >= 4 is 22.8 Å². The van der Waals surface area contributed by atoms with Crippen molar-refractivity contribution in [2.45, 2.75) is 26.2 Å². The number of pyridine rings is 1. The summed E-state index contributed by atoms with van der Waals surface area (Å²) in [6.07, 6.45) is 1.80. The lowest BCUT2D eigenvalue weighted by atomic mass is 9.91. The van der Waals surface area contributed by atoms with Gasteiger partial charge in [0.2, 0.25) is 0 Å². The normalized spacial score (nSPS) is 12.2. The first-order valence-corrected chi connectivity index (χ1v) is 4.90. The van der Waals surface area contributed by atoms with Gasteiger partial charge in [0.05, 0.1) is 17.4 Å². The van der Waals surface area contributed by atoms with Crippen LogP contribution in [0.15, 0.2) is 12.3 Å². The Balaban J connectivity index is 2.75. The fraction of sp³-hybridized carbons (Fsp3) is 0.444. The molecule has 68 valence electrons. The van der Waals surface area contributed by atoms with E-state index < -0.39 is 0 Å². The molecule has 13 heavy (non-hydrogen) atoms. The summed E-state index contributed by atoms with van der Waals surface area (Å²) >= 11 is 1.24. The average Bonchev–Trinajstić information content (AvgIpc) is 2.48. The highest BCUT2D eigenvalue weighted by Crippen LogP contribution is 2.26. The Hall–Kier alpha value is -1.03. The molecule has 0 spiro atoms. The first-order valence-electron chi connectivity index (χ1n) is 4.17. The molecule has 0 aliphatic carbocycles. The van der Waals surface area contributed by atoms with E-state index in [1.807, 2.05) is 6.07 Å². The largest absolute Gasteiger partial charge is 0.258 e. The molecule has 0 unspecified atom stereocenters. The van der Waals surface area contributed by atoms with Crippen molar-refractivity contribution in [1.29, 1.82) is 0 Å². The molecule has 0 aliphatic heterocycles. The third-order valence-electron chi connectivity index (χ3n) is 1.88. The maximum Gasteiger partial charge on any atom is 0.126 e. The van der Waals surface area contributed by atoms with Crippen LogP contribution < -0.4 is 0 Å². The van der Waals surface area contributed by atoms with Crippen LogP contribution in [0.2, 0.25) is 0 Å². The summed E-state index contributed by atoms with van der Waals surface area (Å²) in [6, 6.07) is 1.90. The standard InChI is InChI=1S/C9H11N3S/c1-9(2,3)8-7-6(4-5-10-8)11-13-12-7/h4-5H,1-3H3. The molecule has 0 aromatic carbocycles. The topological polar surface area (TPSA) is 38.7 Å². The molecule has 0 amide bonds. The summed E-state index contributed by atoms with van der Waals surface area (Å²) in [7, 11) is 0. The van der Waals surface area contributed by atoms with Crippen molar-refractivity contribution < 1.29 is 0 Å². The molecule has 0 radical (unpaired) electrons. The van der Waals surface area contributed by atoms with E-state index in [1.165, 1.54) is 11.7 Å². The van der Waals surface area contributed by atoms with Crippen molar-refractivity contribution in [3.63, 3.8) is 0 Å². The van der Waals surface area contributed by atoms with Crippen molar-refractivity contribution in [2.75, 3.05) is 0 Å². The van der Waals surface area contributed by atoms with E-state index in [1.54, 1.807) is 6.20 Å². The first-order chi connectivity index (χ1) is 6.09. The fourth-order valence-corrected chi connectivity index (χ4v) is 1.80. The molecule has 4 heteroatoms. The van der Waals surface area contributed by atoms with E-state index in [0.717, 1.165) is 16.7 Å². The third-order valence-corrected chi connectivity index (χ3v) is 2.43. The lowest BCUT2D eigenvalue weighted by Crippen LogP contribution is -2.13. The van der Waals surface area contributed by atoms with Crippen molar-refractivity contribution in [1.82, 2.24) is 13.7 Å². The van der Waals surface area contributed by atoms with Crippen LogP contribution in [0.5, 0.6) is 0 Å². The van der Waals surface area contributed by atoms with E-state index in [0.29, 0.717) is 0 Å². The van der Waals surface area contributed by atoms with Gasteiger partial charge in [-0.25, -0.2) is 0 Å². The summed E-state index contributed by atoms with van der Waals surface area (Å²) < 4.78 is 8.44. The number of rotatable bonds is 0. The Labute approximate surface area is 81.2 Å². The Morgan fingerprint density at radius 1 is 1.23 bits per heavy atom. The first kappa shape index (κ1) is 8.56. The molecule has 0 aliphatic rings. The maximum atomic E-state index is 4.35. The van der Waals surface area contributed by atoms with Crippen LogP contribution in [0.3, 0.4) is 0 Å². The second kappa shape index (κ2) is 2.73. The van der Waals surface area contributed by atoms with Gasteiger partial charge in [-0.3, -0.25) is 4.98 Å². The third kappa shape index (κ3) is 1.42. The summed E-state index contributed by atoms with van der Waals surface area (Å²) in [4.78, 5) is 4.35. The van der Waals surface area contributed by atoms with Crippen LogP contribution in [-0.4, -0.2) is 13.7 Å². The van der Waals surface area contributed by atoms with Gasteiger partial charge < -0.3 is 0 Å². The molecule has 0 saturated carbocycles. The van der Waals surface area contributed by atoms with E-state index in [2.05, 4.69) is 34.5 Å². The predicted octanol–water partition coefficient (Wildman–Crippen LogP) is 2.38. The number of hydrogen-bond donors (Lipinski definition) is 0. The molecule has 2 rings (SSSR count). The maximum absolute atomic E-state index is 4.35. The van der Waals surface area contributed by atoms with Gasteiger partial charge in [-0.05, 0) is 6.07 Å². The van der Waals surface area contributed by atoms with E-state index >= 15 is 0 Å². The Bertz CT molecular complexity index is 428. The molecular weight excluding hydrogens is 182 g/mol. The molecule has 0 saturated heterocycles. The van der Waals surface area contributed by atoms with Crippen LogP contribution in [0.25, 0.3) is 11.0 Å². The lowest BCUT2D eigenvalue weighted by Gasteiger charge is -2.16. The molecular formula is C9H11N3S. The van der Waals surface area contributed by atoms with Gasteiger partial charge in [0.25, 0.3) is 0 Å². The average molecular weight is 193 g/mol. The molecule has 0 atom stereocenters. The minimum Gasteiger partial charge on any atom is -0.258 e. The van der Waals surface area contributed by atoms with E-state index in [9.17, 15) is 0 Å². The van der Waals surface area contributed by atoms with Crippen LogP contribution in [-0.2, 0) is 5.41 Å². The fourth-order valence-electron chi connectivity index (χ4n) is 1.26. The molecule has 2 aromatic rings. The Kier molecular flexibility index (Phi) is 1.80. The molecule has 3 nitrogen and oxygen atoms in total. The van der Waals surface area contributed by atoms with Crippen LogP contribution in [0.1, 0.15) is 26.5 Å². The van der Waals surface area contributed by atoms with Gasteiger partial charge >= 0.3 is 0 Å². The second-order valence-corrected chi connectivity index (χ2v) is 4.57. The van der Waals surface area contributed by atoms with Crippen LogP contribution in [0.4, 0.5) is 0 Å². The van der Waals surface area contributed by atoms with Gasteiger partial charge in [0, 0.05) is 11.6 Å². The minimum atomic E-state index is 0.0370. The van der Waals surface area contributed by atoms with Gasteiger partial charge in [0.15, 0.2) is 0 Å². The number of aromatic nitrogens is 3. The Morgan fingerprint density at radius 2 is 2.00 bits per heavy atom. The minimum absolute atomic E-state index is 0.0370. The summed E-state index contributed by atoms with van der Waals surface area (Å²) in [6.45, 7) is 6.40. The number of nitrogens with zero attached hydrogens (tertiary/aromatic N) is 3. The lowest BCUT2D eigenvalue weighted by molar-refractivity contribution is 0.574. The second-order valence-electron chi connectivity index (χ2n) is 4.04. The quantitative estimate of drug-likeness (QED) is 0.644. The van der Waals surface area contributed by atoms with Gasteiger partial charge in [0.1, 0.15) is 11.0 Å². The SMILES string of the molecule is CC(C)(C)c1nccc2nsnc12. The summed E-state index contributed by atoms with van der Waals surface area (Å²) in [5.41, 5.74) is 2.96. The summed E-state index contributed by atoms with van der Waals surface area (Å²) in [5, 5.41) is 0. The van der Waals surface area contributed by atoms with E-state index in [4.69, 9.17) is 0 Å². The zero-order valence-corrected chi connectivity index (χ0v) is 8.72. The van der Waals surface area contributed by atoms with Crippen LogP contribution >= 0.6 is 11.7 Å². The highest BCUT2D eigenvalue weighted by atomic mass is 32.1. The molecule has 2 heterocycles. The monoisotopic (exact) mass is 193 g/mol. The molecule has 0 N–H and O–H groups in total.